The molecule has 0 aliphatic heterocycles. The second kappa shape index (κ2) is 7.58. The highest BCUT2D eigenvalue weighted by Crippen LogP contribution is 2.16. The van der Waals surface area contributed by atoms with Crippen molar-refractivity contribution in [2.45, 2.75) is 26.4 Å². The monoisotopic (exact) mass is 285 g/mol. The first kappa shape index (κ1) is 15.2. The van der Waals surface area contributed by atoms with E-state index in [0.29, 0.717) is 0 Å². The maximum atomic E-state index is 5.89. The SMILES string of the molecule is CCc1ccc(OC(C)CNc2ccc(OC)cc2)cc1. The lowest BCUT2D eigenvalue weighted by Crippen LogP contribution is -2.22. The quantitative estimate of drug-likeness (QED) is 0.829. The molecule has 112 valence electrons. The molecule has 2 aromatic rings. The van der Waals surface area contributed by atoms with Gasteiger partial charge in [0.25, 0.3) is 0 Å². The molecule has 1 N–H and O–H groups in total. The molecule has 1 unspecified atom stereocenters. The second-order valence-corrected chi connectivity index (χ2v) is 5.04. The first-order valence-electron chi connectivity index (χ1n) is 7.34. The van der Waals surface area contributed by atoms with E-state index in [1.807, 2.05) is 36.4 Å². The summed E-state index contributed by atoms with van der Waals surface area (Å²) in [5, 5.41) is 3.36. The predicted molar refractivity (Wildman–Crippen MR) is 87.4 cm³/mol. The van der Waals surface area contributed by atoms with Crippen molar-refractivity contribution in [1.29, 1.82) is 0 Å². The van der Waals surface area contributed by atoms with Crippen LogP contribution in [0.2, 0.25) is 0 Å². The lowest BCUT2D eigenvalue weighted by molar-refractivity contribution is 0.234. The summed E-state index contributed by atoms with van der Waals surface area (Å²) >= 11 is 0. The first-order chi connectivity index (χ1) is 10.2. The van der Waals surface area contributed by atoms with Crippen LogP contribution in [0, 0.1) is 0 Å². The highest BCUT2D eigenvalue weighted by Gasteiger charge is 2.04. The fraction of sp³-hybridized carbons (Fsp3) is 0.333. The molecule has 0 bridgehead atoms. The largest absolute Gasteiger partial charge is 0.497 e. The zero-order valence-corrected chi connectivity index (χ0v) is 12.9. The molecule has 0 fully saturated rings. The topological polar surface area (TPSA) is 30.5 Å². The molecule has 3 nitrogen and oxygen atoms in total. The van der Waals surface area contributed by atoms with Gasteiger partial charge in [-0.2, -0.15) is 0 Å². The zero-order chi connectivity index (χ0) is 15.1. The molecule has 0 saturated carbocycles. The summed E-state index contributed by atoms with van der Waals surface area (Å²) in [5.41, 5.74) is 2.39. The average Bonchev–Trinajstić information content (AvgIpc) is 2.54. The third-order valence-corrected chi connectivity index (χ3v) is 3.35. The van der Waals surface area contributed by atoms with Gasteiger partial charge in [0, 0.05) is 5.69 Å². The maximum Gasteiger partial charge on any atom is 0.119 e. The number of aryl methyl sites for hydroxylation is 1. The summed E-state index contributed by atoms with van der Waals surface area (Å²) in [6.45, 7) is 4.96. The molecule has 0 aromatic heterocycles. The number of hydrogen-bond acceptors (Lipinski definition) is 3. The summed E-state index contributed by atoms with van der Waals surface area (Å²) in [7, 11) is 1.67. The Kier molecular flexibility index (Phi) is 5.50. The smallest absolute Gasteiger partial charge is 0.119 e. The average molecular weight is 285 g/mol. The lowest BCUT2D eigenvalue weighted by Gasteiger charge is -2.16. The minimum Gasteiger partial charge on any atom is -0.497 e. The summed E-state index contributed by atoms with van der Waals surface area (Å²) in [6, 6.07) is 16.2. The standard InChI is InChI=1S/C18H23NO2/c1-4-15-5-9-18(10-6-15)21-14(2)13-19-16-7-11-17(20-3)12-8-16/h5-12,14,19H,4,13H2,1-3H3. The molecule has 0 saturated heterocycles. The summed E-state index contributed by atoms with van der Waals surface area (Å²) in [6.07, 6.45) is 1.15. The van der Waals surface area contributed by atoms with E-state index >= 15 is 0 Å². The van der Waals surface area contributed by atoms with Crippen LogP contribution < -0.4 is 14.8 Å². The van der Waals surface area contributed by atoms with Crippen LogP contribution in [0.25, 0.3) is 0 Å². The minimum atomic E-state index is 0.0968. The van der Waals surface area contributed by atoms with Gasteiger partial charge in [0.15, 0.2) is 0 Å². The number of nitrogens with one attached hydrogen (secondary N) is 1. The zero-order valence-electron chi connectivity index (χ0n) is 12.9. The van der Waals surface area contributed by atoms with Crippen molar-refractivity contribution in [3.63, 3.8) is 0 Å². The van der Waals surface area contributed by atoms with E-state index in [4.69, 9.17) is 9.47 Å². The van der Waals surface area contributed by atoms with E-state index < -0.39 is 0 Å². The normalized spacial score (nSPS) is 11.8. The third kappa shape index (κ3) is 4.71. The van der Waals surface area contributed by atoms with Crippen molar-refractivity contribution in [3.05, 3.63) is 54.1 Å². The van der Waals surface area contributed by atoms with E-state index in [1.165, 1.54) is 5.56 Å². The first-order valence-corrected chi connectivity index (χ1v) is 7.34. The molecule has 0 radical (unpaired) electrons. The van der Waals surface area contributed by atoms with Crippen molar-refractivity contribution in [2.24, 2.45) is 0 Å². The van der Waals surface area contributed by atoms with Gasteiger partial charge in [-0.05, 0) is 55.3 Å². The van der Waals surface area contributed by atoms with Gasteiger partial charge in [-0.15, -0.1) is 0 Å². The van der Waals surface area contributed by atoms with Crippen molar-refractivity contribution in [3.8, 4) is 11.5 Å². The molecule has 1 atom stereocenters. The van der Waals surface area contributed by atoms with Gasteiger partial charge in [0.05, 0.1) is 13.7 Å². The van der Waals surface area contributed by atoms with Gasteiger partial charge in [-0.3, -0.25) is 0 Å². The van der Waals surface area contributed by atoms with Crippen LogP contribution >= 0.6 is 0 Å². The Balaban J connectivity index is 1.81. The Morgan fingerprint density at radius 3 is 2.14 bits per heavy atom. The molecule has 0 heterocycles. The van der Waals surface area contributed by atoms with Gasteiger partial charge >= 0.3 is 0 Å². The van der Waals surface area contributed by atoms with Gasteiger partial charge in [-0.1, -0.05) is 19.1 Å². The van der Waals surface area contributed by atoms with Crippen LogP contribution in [-0.2, 0) is 6.42 Å². The van der Waals surface area contributed by atoms with Crippen molar-refractivity contribution < 1.29 is 9.47 Å². The molecule has 0 aliphatic rings. The Labute approximate surface area is 126 Å². The van der Waals surface area contributed by atoms with Crippen molar-refractivity contribution >= 4 is 5.69 Å². The molecule has 2 aromatic carbocycles. The molecule has 3 heteroatoms. The summed E-state index contributed by atoms with van der Waals surface area (Å²) < 4.78 is 11.0. The molecule has 0 aliphatic carbocycles. The van der Waals surface area contributed by atoms with Crippen LogP contribution in [0.1, 0.15) is 19.4 Å². The molecule has 21 heavy (non-hydrogen) atoms. The number of rotatable bonds is 7. The molecule has 2 rings (SSSR count). The van der Waals surface area contributed by atoms with Gasteiger partial charge in [0.2, 0.25) is 0 Å². The number of hydrogen-bond donors (Lipinski definition) is 1. The van der Waals surface area contributed by atoms with Crippen LogP contribution in [0.15, 0.2) is 48.5 Å². The van der Waals surface area contributed by atoms with E-state index in [-0.39, 0.29) is 6.10 Å². The number of benzene rings is 2. The number of anilines is 1. The Hall–Kier alpha value is -2.16. The fourth-order valence-electron chi connectivity index (χ4n) is 2.05. The maximum absolute atomic E-state index is 5.89. The van der Waals surface area contributed by atoms with E-state index in [9.17, 15) is 0 Å². The van der Waals surface area contributed by atoms with Gasteiger partial charge in [0.1, 0.15) is 17.6 Å². The summed E-state index contributed by atoms with van der Waals surface area (Å²) in [5.74, 6) is 1.78. The Morgan fingerprint density at radius 1 is 0.952 bits per heavy atom. The second-order valence-electron chi connectivity index (χ2n) is 5.04. The Bertz CT molecular complexity index is 534. The highest BCUT2D eigenvalue weighted by atomic mass is 16.5. The number of methoxy groups -OCH3 is 1. The fourth-order valence-corrected chi connectivity index (χ4v) is 2.05. The van der Waals surface area contributed by atoms with Crippen LogP contribution in [0.4, 0.5) is 5.69 Å². The van der Waals surface area contributed by atoms with E-state index in [1.54, 1.807) is 7.11 Å². The number of ether oxygens (including phenoxy) is 2. The molecular formula is C18H23NO2. The van der Waals surface area contributed by atoms with Crippen LogP contribution in [0.3, 0.4) is 0 Å². The van der Waals surface area contributed by atoms with E-state index in [2.05, 4.69) is 31.3 Å². The third-order valence-electron chi connectivity index (χ3n) is 3.35. The van der Waals surface area contributed by atoms with Crippen molar-refractivity contribution in [1.82, 2.24) is 0 Å². The molecule has 0 spiro atoms. The predicted octanol–water partition coefficient (Wildman–Crippen LogP) is 4.14. The van der Waals surface area contributed by atoms with Crippen molar-refractivity contribution in [2.75, 3.05) is 19.0 Å². The van der Waals surface area contributed by atoms with Crippen LogP contribution in [0.5, 0.6) is 11.5 Å². The van der Waals surface area contributed by atoms with Crippen LogP contribution in [-0.4, -0.2) is 19.8 Å². The lowest BCUT2D eigenvalue weighted by atomic mass is 10.2. The summed E-state index contributed by atoms with van der Waals surface area (Å²) in [4.78, 5) is 0. The van der Waals surface area contributed by atoms with E-state index in [0.717, 1.165) is 30.2 Å². The Morgan fingerprint density at radius 2 is 1.57 bits per heavy atom. The molecular weight excluding hydrogens is 262 g/mol. The van der Waals surface area contributed by atoms with Gasteiger partial charge in [-0.25, -0.2) is 0 Å². The van der Waals surface area contributed by atoms with Gasteiger partial charge < -0.3 is 14.8 Å². The molecule has 0 amide bonds. The minimum absolute atomic E-state index is 0.0968. The highest BCUT2D eigenvalue weighted by molar-refractivity contribution is 5.46.